The standard InChI is InChI=1S/C18H19Cl/c1-12-7-13(2)9-14(8-12)10-16-11-15-5-3-4-6-17(15)18(16)19/h3-9,16,18H,10-11H2,1-2H3. The fourth-order valence-electron chi connectivity index (χ4n) is 3.29. The lowest BCUT2D eigenvalue weighted by Gasteiger charge is -2.15. The van der Waals surface area contributed by atoms with Gasteiger partial charge in [0.15, 0.2) is 0 Å². The van der Waals surface area contributed by atoms with Crippen molar-refractivity contribution in [2.24, 2.45) is 5.92 Å². The molecule has 0 aromatic heterocycles. The van der Waals surface area contributed by atoms with Crippen LogP contribution in [0, 0.1) is 19.8 Å². The quantitative estimate of drug-likeness (QED) is 0.674. The third-order valence-electron chi connectivity index (χ3n) is 4.03. The Morgan fingerprint density at radius 1 is 1.05 bits per heavy atom. The molecule has 98 valence electrons. The van der Waals surface area contributed by atoms with Crippen molar-refractivity contribution in [2.75, 3.05) is 0 Å². The first-order valence-electron chi connectivity index (χ1n) is 6.92. The second-order valence-corrected chi connectivity index (χ2v) is 6.24. The highest BCUT2D eigenvalue weighted by atomic mass is 35.5. The van der Waals surface area contributed by atoms with Crippen molar-refractivity contribution < 1.29 is 0 Å². The highest BCUT2D eigenvalue weighted by molar-refractivity contribution is 6.21. The summed E-state index contributed by atoms with van der Waals surface area (Å²) in [6, 6.07) is 15.4. The lowest BCUT2D eigenvalue weighted by molar-refractivity contribution is 0.543. The van der Waals surface area contributed by atoms with Crippen LogP contribution >= 0.6 is 11.6 Å². The number of rotatable bonds is 2. The molecule has 0 heterocycles. The maximum atomic E-state index is 6.64. The van der Waals surface area contributed by atoms with Crippen LogP contribution in [-0.2, 0) is 12.8 Å². The van der Waals surface area contributed by atoms with Crippen molar-refractivity contribution >= 4 is 11.6 Å². The summed E-state index contributed by atoms with van der Waals surface area (Å²) in [6.45, 7) is 4.33. The summed E-state index contributed by atoms with van der Waals surface area (Å²) in [6.07, 6.45) is 2.18. The van der Waals surface area contributed by atoms with Crippen LogP contribution in [0.25, 0.3) is 0 Å². The molecule has 0 bridgehead atoms. The van der Waals surface area contributed by atoms with Crippen molar-refractivity contribution in [3.63, 3.8) is 0 Å². The van der Waals surface area contributed by atoms with Crippen molar-refractivity contribution in [3.05, 3.63) is 70.3 Å². The maximum absolute atomic E-state index is 6.64. The minimum absolute atomic E-state index is 0.164. The number of halogens is 1. The second-order valence-electron chi connectivity index (χ2n) is 5.76. The van der Waals surface area contributed by atoms with E-state index in [1.165, 1.54) is 27.8 Å². The second kappa shape index (κ2) is 5.02. The highest BCUT2D eigenvalue weighted by Crippen LogP contribution is 2.42. The topological polar surface area (TPSA) is 0 Å². The molecule has 0 saturated carbocycles. The van der Waals surface area contributed by atoms with Crippen LogP contribution in [0.15, 0.2) is 42.5 Å². The van der Waals surface area contributed by atoms with E-state index in [-0.39, 0.29) is 5.38 Å². The van der Waals surface area contributed by atoms with Crippen LogP contribution in [0.1, 0.15) is 33.2 Å². The number of aryl methyl sites for hydroxylation is 2. The number of fused-ring (bicyclic) bond motifs is 1. The normalized spacial score (nSPS) is 21.4. The zero-order valence-corrected chi connectivity index (χ0v) is 12.2. The molecule has 0 spiro atoms. The molecule has 2 unspecified atom stereocenters. The predicted molar refractivity (Wildman–Crippen MR) is 81.9 cm³/mol. The van der Waals surface area contributed by atoms with Crippen molar-refractivity contribution in [1.29, 1.82) is 0 Å². The van der Waals surface area contributed by atoms with Gasteiger partial charge in [0.25, 0.3) is 0 Å². The van der Waals surface area contributed by atoms with Crippen LogP contribution < -0.4 is 0 Å². The SMILES string of the molecule is Cc1cc(C)cc(CC2Cc3ccccc3C2Cl)c1. The zero-order valence-electron chi connectivity index (χ0n) is 11.5. The Bertz CT molecular complexity index is 580. The molecule has 1 aliphatic rings. The third-order valence-corrected chi connectivity index (χ3v) is 4.62. The average Bonchev–Trinajstić information content (AvgIpc) is 2.66. The first kappa shape index (κ1) is 12.7. The van der Waals surface area contributed by atoms with Gasteiger partial charge in [-0.1, -0.05) is 53.6 Å². The van der Waals surface area contributed by atoms with Gasteiger partial charge in [-0.15, -0.1) is 11.6 Å². The van der Waals surface area contributed by atoms with Crippen LogP contribution in [0.3, 0.4) is 0 Å². The molecule has 2 aromatic carbocycles. The Morgan fingerprint density at radius 2 is 1.74 bits per heavy atom. The minimum Gasteiger partial charge on any atom is -0.117 e. The number of hydrogen-bond donors (Lipinski definition) is 0. The highest BCUT2D eigenvalue weighted by Gasteiger charge is 2.30. The fraction of sp³-hybridized carbons (Fsp3) is 0.333. The van der Waals surface area contributed by atoms with E-state index in [0.29, 0.717) is 5.92 Å². The zero-order chi connectivity index (χ0) is 13.4. The van der Waals surface area contributed by atoms with Crippen molar-refractivity contribution in [3.8, 4) is 0 Å². The van der Waals surface area contributed by atoms with E-state index < -0.39 is 0 Å². The van der Waals surface area contributed by atoms with Gasteiger partial charge in [-0.25, -0.2) is 0 Å². The predicted octanol–water partition coefficient (Wildman–Crippen LogP) is 5.00. The Kier molecular flexibility index (Phi) is 3.36. The molecular formula is C18H19Cl. The number of alkyl halides is 1. The molecule has 2 atom stereocenters. The van der Waals surface area contributed by atoms with Crippen LogP contribution in [0.2, 0.25) is 0 Å². The minimum atomic E-state index is 0.164. The average molecular weight is 271 g/mol. The van der Waals surface area contributed by atoms with E-state index in [2.05, 4.69) is 56.3 Å². The fourth-order valence-corrected chi connectivity index (χ4v) is 3.69. The van der Waals surface area contributed by atoms with Crippen LogP contribution in [0.5, 0.6) is 0 Å². The lowest BCUT2D eigenvalue weighted by Crippen LogP contribution is -2.07. The lowest BCUT2D eigenvalue weighted by atomic mass is 9.94. The molecule has 1 heteroatoms. The molecule has 0 nitrogen and oxygen atoms in total. The first-order chi connectivity index (χ1) is 9.13. The van der Waals surface area contributed by atoms with Gasteiger partial charge < -0.3 is 0 Å². The van der Waals surface area contributed by atoms with E-state index in [0.717, 1.165) is 12.8 Å². The van der Waals surface area contributed by atoms with Gasteiger partial charge in [-0.05, 0) is 49.3 Å². The van der Waals surface area contributed by atoms with Crippen molar-refractivity contribution in [2.45, 2.75) is 32.1 Å². The molecule has 1 aliphatic carbocycles. The molecule has 3 rings (SSSR count). The largest absolute Gasteiger partial charge is 0.117 e. The summed E-state index contributed by atoms with van der Waals surface area (Å²) < 4.78 is 0. The van der Waals surface area contributed by atoms with E-state index >= 15 is 0 Å². The van der Waals surface area contributed by atoms with E-state index in [4.69, 9.17) is 11.6 Å². The summed E-state index contributed by atoms with van der Waals surface area (Å²) in [5.41, 5.74) is 6.87. The molecule has 2 aromatic rings. The summed E-state index contributed by atoms with van der Waals surface area (Å²) in [4.78, 5) is 0. The van der Waals surface area contributed by atoms with Gasteiger partial charge >= 0.3 is 0 Å². The van der Waals surface area contributed by atoms with Gasteiger partial charge in [0.2, 0.25) is 0 Å². The Morgan fingerprint density at radius 3 is 2.42 bits per heavy atom. The summed E-state index contributed by atoms with van der Waals surface area (Å²) >= 11 is 6.64. The molecule has 0 N–H and O–H groups in total. The Labute approximate surface area is 120 Å². The van der Waals surface area contributed by atoms with E-state index in [1.54, 1.807) is 0 Å². The van der Waals surface area contributed by atoms with E-state index in [1.807, 2.05) is 0 Å². The van der Waals surface area contributed by atoms with Gasteiger partial charge in [0.1, 0.15) is 0 Å². The van der Waals surface area contributed by atoms with Gasteiger partial charge in [-0.2, -0.15) is 0 Å². The van der Waals surface area contributed by atoms with E-state index in [9.17, 15) is 0 Å². The molecule has 0 radical (unpaired) electrons. The Balaban J connectivity index is 1.82. The van der Waals surface area contributed by atoms with Gasteiger partial charge in [0.05, 0.1) is 5.38 Å². The van der Waals surface area contributed by atoms with Crippen molar-refractivity contribution in [1.82, 2.24) is 0 Å². The molecule has 0 aliphatic heterocycles. The molecule has 0 saturated heterocycles. The molecular weight excluding hydrogens is 252 g/mol. The maximum Gasteiger partial charge on any atom is 0.0622 e. The van der Waals surface area contributed by atoms with Gasteiger partial charge in [0, 0.05) is 0 Å². The number of hydrogen-bond acceptors (Lipinski definition) is 0. The third kappa shape index (κ3) is 2.55. The monoisotopic (exact) mass is 270 g/mol. The summed E-state index contributed by atoms with van der Waals surface area (Å²) in [5.74, 6) is 0.528. The van der Waals surface area contributed by atoms with Crippen LogP contribution in [-0.4, -0.2) is 0 Å². The smallest absolute Gasteiger partial charge is 0.0622 e. The van der Waals surface area contributed by atoms with Crippen LogP contribution in [0.4, 0.5) is 0 Å². The Hall–Kier alpha value is -1.27. The summed E-state index contributed by atoms with van der Waals surface area (Å²) in [5, 5.41) is 0.164. The number of benzene rings is 2. The van der Waals surface area contributed by atoms with Gasteiger partial charge in [-0.3, -0.25) is 0 Å². The molecule has 19 heavy (non-hydrogen) atoms. The summed E-state index contributed by atoms with van der Waals surface area (Å²) in [7, 11) is 0. The first-order valence-corrected chi connectivity index (χ1v) is 7.36. The molecule has 0 fully saturated rings. The molecule has 0 amide bonds.